The molecule has 0 atom stereocenters. The van der Waals surface area contributed by atoms with Crippen molar-refractivity contribution in [1.82, 2.24) is 4.98 Å². The van der Waals surface area contributed by atoms with E-state index in [2.05, 4.69) is 17.2 Å². The monoisotopic (exact) mass is 263 g/mol. The van der Waals surface area contributed by atoms with Gasteiger partial charge in [-0.3, -0.25) is 0 Å². The molecule has 88 valence electrons. The zero-order valence-electron chi connectivity index (χ0n) is 9.43. The van der Waals surface area contributed by atoms with E-state index in [9.17, 15) is 0 Å². The highest BCUT2D eigenvalue weighted by Gasteiger charge is 1.99. The second-order valence-corrected chi connectivity index (χ2v) is 5.42. The first-order valence-corrected chi connectivity index (χ1v) is 6.42. The summed E-state index contributed by atoms with van der Waals surface area (Å²) in [5, 5.41) is 4.39. The van der Waals surface area contributed by atoms with Gasteiger partial charge in [0.2, 0.25) is 0 Å². The van der Waals surface area contributed by atoms with Crippen LogP contribution in [0.3, 0.4) is 0 Å². The summed E-state index contributed by atoms with van der Waals surface area (Å²) in [5.41, 5.74) is 7.46. The summed E-state index contributed by atoms with van der Waals surface area (Å²) in [6, 6.07) is 7.76. The smallest absolute Gasteiger partial charge is 0.112 e. The Kier molecular flexibility index (Phi) is 3.71. The van der Waals surface area contributed by atoms with E-state index in [1.807, 2.05) is 30.5 Å². The van der Waals surface area contributed by atoms with Crippen molar-refractivity contribution in [3.63, 3.8) is 0 Å². The number of aryl methyl sites for hydroxylation is 1. The number of nitrogens with one attached hydrogen (secondary N) is 1. The first kappa shape index (κ1) is 12.0. The van der Waals surface area contributed by atoms with E-state index in [-0.39, 0.29) is 0 Å². The van der Waals surface area contributed by atoms with Crippen LogP contribution in [0.2, 0.25) is 0 Å². The van der Waals surface area contributed by atoms with Crippen LogP contribution in [0.25, 0.3) is 0 Å². The van der Waals surface area contributed by atoms with Crippen LogP contribution in [-0.2, 0) is 6.54 Å². The number of anilines is 1. The molecule has 3 nitrogen and oxygen atoms in total. The average Bonchev–Trinajstić information content (AvgIpc) is 2.73. The normalized spacial score (nSPS) is 10.2. The van der Waals surface area contributed by atoms with Crippen molar-refractivity contribution in [2.24, 2.45) is 5.73 Å². The van der Waals surface area contributed by atoms with Gasteiger partial charge in [-0.25, -0.2) is 4.98 Å². The highest BCUT2D eigenvalue weighted by molar-refractivity contribution is 7.80. The maximum atomic E-state index is 5.53. The lowest BCUT2D eigenvalue weighted by atomic mass is 10.2. The van der Waals surface area contributed by atoms with Crippen LogP contribution in [0.5, 0.6) is 0 Å². The molecule has 2 rings (SSSR count). The van der Waals surface area contributed by atoms with Gasteiger partial charge in [-0.2, -0.15) is 0 Å². The van der Waals surface area contributed by atoms with Crippen molar-refractivity contribution in [3.05, 3.63) is 45.9 Å². The molecule has 0 fully saturated rings. The van der Waals surface area contributed by atoms with E-state index in [1.165, 1.54) is 4.88 Å². The molecule has 0 amide bonds. The molecular weight excluding hydrogens is 250 g/mol. The summed E-state index contributed by atoms with van der Waals surface area (Å²) in [4.78, 5) is 5.94. The maximum absolute atomic E-state index is 5.53. The Labute approximate surface area is 110 Å². The number of hydrogen-bond donors (Lipinski definition) is 2. The largest absolute Gasteiger partial charge is 0.389 e. The Morgan fingerprint density at radius 2 is 2.12 bits per heavy atom. The zero-order chi connectivity index (χ0) is 12.3. The summed E-state index contributed by atoms with van der Waals surface area (Å²) < 4.78 is 0. The van der Waals surface area contributed by atoms with Gasteiger partial charge < -0.3 is 11.1 Å². The van der Waals surface area contributed by atoms with Gasteiger partial charge in [0.25, 0.3) is 0 Å². The van der Waals surface area contributed by atoms with E-state index < -0.39 is 0 Å². The van der Waals surface area contributed by atoms with Crippen LogP contribution in [0.4, 0.5) is 5.69 Å². The number of hydrogen-bond acceptors (Lipinski definition) is 4. The number of thiocarbonyl (C=S) groups is 1. The molecule has 3 N–H and O–H groups in total. The molecule has 0 aliphatic rings. The number of aromatic nitrogens is 1. The van der Waals surface area contributed by atoms with Gasteiger partial charge in [-0.05, 0) is 31.2 Å². The summed E-state index contributed by atoms with van der Waals surface area (Å²) in [5.74, 6) is 0. The van der Waals surface area contributed by atoms with Crippen LogP contribution in [0.1, 0.15) is 15.4 Å². The Morgan fingerprint density at radius 1 is 1.41 bits per heavy atom. The summed E-state index contributed by atoms with van der Waals surface area (Å²) in [6.45, 7) is 2.79. The predicted molar refractivity (Wildman–Crippen MR) is 76.5 cm³/mol. The molecule has 1 heterocycles. The summed E-state index contributed by atoms with van der Waals surface area (Å²) in [7, 11) is 0. The molecule has 1 aromatic heterocycles. The fourth-order valence-corrected chi connectivity index (χ4v) is 2.28. The van der Waals surface area contributed by atoms with Crippen molar-refractivity contribution in [1.29, 1.82) is 0 Å². The lowest BCUT2D eigenvalue weighted by Gasteiger charge is -2.05. The summed E-state index contributed by atoms with van der Waals surface area (Å²) in [6.07, 6.45) is 1.89. The lowest BCUT2D eigenvalue weighted by molar-refractivity contribution is 1.10. The Balaban J connectivity index is 1.97. The number of nitrogens with two attached hydrogens (primary N) is 1. The number of thiazole rings is 1. The van der Waals surface area contributed by atoms with Gasteiger partial charge in [0.05, 0.1) is 6.54 Å². The van der Waals surface area contributed by atoms with E-state index in [0.717, 1.165) is 22.8 Å². The van der Waals surface area contributed by atoms with Crippen molar-refractivity contribution in [2.75, 3.05) is 5.32 Å². The van der Waals surface area contributed by atoms with Crippen LogP contribution >= 0.6 is 23.6 Å². The molecule has 0 aliphatic carbocycles. The standard InChI is InChI=1S/C12H13N3S2/c1-8-6-15-11(17-8)7-14-10-4-2-9(3-5-10)12(13)16/h2-6,14H,7H2,1H3,(H2,13,16). The lowest BCUT2D eigenvalue weighted by Crippen LogP contribution is -2.09. The van der Waals surface area contributed by atoms with Crippen LogP contribution < -0.4 is 11.1 Å². The quantitative estimate of drug-likeness (QED) is 0.833. The molecule has 0 saturated heterocycles. The number of rotatable bonds is 4. The molecule has 5 heteroatoms. The molecule has 2 aromatic rings. The van der Waals surface area contributed by atoms with Gasteiger partial charge in [0.1, 0.15) is 10.00 Å². The average molecular weight is 263 g/mol. The van der Waals surface area contributed by atoms with Crippen LogP contribution in [0, 0.1) is 6.92 Å². The SMILES string of the molecule is Cc1cnc(CNc2ccc(C(N)=S)cc2)s1. The van der Waals surface area contributed by atoms with Crippen molar-refractivity contribution < 1.29 is 0 Å². The van der Waals surface area contributed by atoms with Gasteiger partial charge in [-0.15, -0.1) is 11.3 Å². The van der Waals surface area contributed by atoms with Gasteiger partial charge in [-0.1, -0.05) is 12.2 Å². The Hall–Kier alpha value is -1.46. The third-order valence-corrected chi connectivity index (χ3v) is 3.43. The second kappa shape index (κ2) is 5.25. The first-order chi connectivity index (χ1) is 8.15. The van der Waals surface area contributed by atoms with E-state index in [0.29, 0.717) is 4.99 Å². The predicted octanol–water partition coefficient (Wildman–Crippen LogP) is 2.70. The first-order valence-electron chi connectivity index (χ1n) is 5.20. The fraction of sp³-hybridized carbons (Fsp3) is 0.167. The van der Waals surface area contributed by atoms with Crippen molar-refractivity contribution >= 4 is 34.2 Å². The topological polar surface area (TPSA) is 50.9 Å². The Morgan fingerprint density at radius 3 is 2.65 bits per heavy atom. The third kappa shape index (κ3) is 3.25. The highest BCUT2D eigenvalue weighted by Crippen LogP contribution is 2.14. The van der Waals surface area contributed by atoms with Crippen molar-refractivity contribution in [2.45, 2.75) is 13.5 Å². The highest BCUT2D eigenvalue weighted by atomic mass is 32.1. The number of benzene rings is 1. The minimum Gasteiger partial charge on any atom is -0.389 e. The minimum absolute atomic E-state index is 0.423. The third-order valence-electron chi connectivity index (χ3n) is 2.28. The fourth-order valence-electron chi connectivity index (χ4n) is 1.41. The number of nitrogens with zero attached hydrogens (tertiary/aromatic N) is 1. The molecule has 0 saturated carbocycles. The van der Waals surface area contributed by atoms with Gasteiger partial charge >= 0.3 is 0 Å². The second-order valence-electron chi connectivity index (χ2n) is 3.66. The molecule has 1 aromatic carbocycles. The molecule has 0 unspecified atom stereocenters. The van der Waals surface area contributed by atoms with Crippen LogP contribution in [-0.4, -0.2) is 9.97 Å². The van der Waals surface area contributed by atoms with Gasteiger partial charge in [0.15, 0.2) is 0 Å². The molecule has 0 bridgehead atoms. The molecule has 17 heavy (non-hydrogen) atoms. The van der Waals surface area contributed by atoms with E-state index >= 15 is 0 Å². The summed E-state index contributed by atoms with van der Waals surface area (Å²) >= 11 is 6.60. The Bertz CT molecular complexity index is 517. The maximum Gasteiger partial charge on any atom is 0.112 e. The van der Waals surface area contributed by atoms with Crippen molar-refractivity contribution in [3.8, 4) is 0 Å². The zero-order valence-corrected chi connectivity index (χ0v) is 11.1. The van der Waals surface area contributed by atoms with E-state index in [1.54, 1.807) is 11.3 Å². The molecule has 0 spiro atoms. The molecular formula is C12H13N3S2. The minimum atomic E-state index is 0.423. The molecule has 0 aliphatic heterocycles. The van der Waals surface area contributed by atoms with Gasteiger partial charge in [0, 0.05) is 22.3 Å². The van der Waals surface area contributed by atoms with Crippen LogP contribution in [0.15, 0.2) is 30.5 Å². The molecule has 0 radical (unpaired) electrons. The van der Waals surface area contributed by atoms with E-state index in [4.69, 9.17) is 18.0 Å².